The van der Waals surface area contributed by atoms with Gasteiger partial charge in [0.15, 0.2) is 20.1 Å². The van der Waals surface area contributed by atoms with Crippen LogP contribution < -0.4 is 10.6 Å². The quantitative estimate of drug-likeness (QED) is 0.357. The summed E-state index contributed by atoms with van der Waals surface area (Å²) in [4.78, 5) is 9.72. The van der Waals surface area contributed by atoms with Crippen molar-refractivity contribution >= 4 is 59.1 Å². The molecule has 2 aliphatic rings. The van der Waals surface area contributed by atoms with Gasteiger partial charge in [0.2, 0.25) is 0 Å². The number of hydrogen-bond acceptors (Lipinski definition) is 7. The van der Waals surface area contributed by atoms with Crippen molar-refractivity contribution in [1.29, 1.82) is 0 Å². The number of hydrogen-bond donors (Lipinski definition) is 2. The average molecular weight is 521 g/mol. The number of thioether (sulfide) groups is 1. The topological polar surface area (TPSA) is 83.5 Å². The fourth-order valence-electron chi connectivity index (χ4n) is 4.59. The normalized spacial score (nSPS) is 20.1. The minimum Gasteiger partial charge on any atom is -0.361 e. The number of nitrogens with zero attached hydrogens (tertiary/aromatic N) is 2. The smallest absolute Gasteiger partial charge is 0.183 e. The molecule has 9 heteroatoms. The zero-order chi connectivity index (χ0) is 24.0. The highest BCUT2D eigenvalue weighted by atomic mass is 32.2. The molecule has 178 valence electrons. The summed E-state index contributed by atoms with van der Waals surface area (Å²) in [5.74, 6) is 0. The molecule has 0 amide bonds. The van der Waals surface area contributed by atoms with Gasteiger partial charge >= 0.3 is 0 Å². The van der Waals surface area contributed by atoms with Crippen molar-refractivity contribution in [3.05, 3.63) is 83.4 Å². The van der Waals surface area contributed by atoms with E-state index in [9.17, 15) is 8.42 Å². The lowest BCUT2D eigenvalue weighted by Crippen LogP contribution is -2.19. The standard InChI is InChI=1S/C26H24N4O2S3/c1-35(31,32)19-10-11-21-22(15-19)33-25(29-21)27-13-12-16-6-8-18(9-7-16)28-26-30-24-20-5-3-2-4-17(20)14-23(24)34-26/h2-11,15,23-24H,12-14H2,1H3,(H,27,29)(H,28,30)/t23?,24-/m0/s1. The van der Waals surface area contributed by atoms with Crippen LogP contribution in [0.15, 0.2) is 76.6 Å². The van der Waals surface area contributed by atoms with Gasteiger partial charge in [0.25, 0.3) is 0 Å². The molecule has 1 unspecified atom stereocenters. The van der Waals surface area contributed by atoms with Crippen molar-refractivity contribution in [3.63, 3.8) is 0 Å². The molecule has 1 saturated heterocycles. The number of rotatable bonds is 6. The van der Waals surface area contributed by atoms with Gasteiger partial charge < -0.3 is 10.6 Å². The van der Waals surface area contributed by atoms with E-state index in [1.165, 1.54) is 34.3 Å². The van der Waals surface area contributed by atoms with Gasteiger partial charge in [-0.05, 0) is 59.9 Å². The van der Waals surface area contributed by atoms with Crippen LogP contribution in [0.25, 0.3) is 10.2 Å². The second kappa shape index (κ2) is 8.96. The van der Waals surface area contributed by atoms with Crippen LogP contribution in [0.4, 0.5) is 10.8 Å². The van der Waals surface area contributed by atoms with Gasteiger partial charge in [0, 0.05) is 18.1 Å². The molecule has 35 heavy (non-hydrogen) atoms. The molecule has 2 N–H and O–H groups in total. The molecular weight excluding hydrogens is 497 g/mol. The maximum absolute atomic E-state index is 11.8. The highest BCUT2D eigenvalue weighted by Gasteiger charge is 2.39. The molecule has 1 aromatic heterocycles. The Morgan fingerprint density at radius 2 is 1.94 bits per heavy atom. The van der Waals surface area contributed by atoms with Gasteiger partial charge in [-0.1, -0.05) is 59.5 Å². The number of amidine groups is 1. The van der Waals surface area contributed by atoms with Gasteiger partial charge in [-0.25, -0.2) is 18.4 Å². The number of aliphatic imine (C=N–C) groups is 1. The van der Waals surface area contributed by atoms with Crippen LogP contribution >= 0.6 is 23.1 Å². The highest BCUT2D eigenvalue weighted by Crippen LogP contribution is 2.43. The number of sulfone groups is 1. The Balaban J connectivity index is 1.06. The molecule has 4 aromatic rings. The van der Waals surface area contributed by atoms with Gasteiger partial charge in [-0.15, -0.1) is 0 Å². The van der Waals surface area contributed by atoms with E-state index in [1.54, 1.807) is 18.2 Å². The second-order valence-corrected chi connectivity index (χ2v) is 13.1. The van der Waals surface area contributed by atoms with Gasteiger partial charge in [-0.3, -0.25) is 0 Å². The molecule has 0 spiro atoms. The van der Waals surface area contributed by atoms with Crippen LogP contribution in [0.5, 0.6) is 0 Å². The van der Waals surface area contributed by atoms with Crippen molar-refractivity contribution in [1.82, 2.24) is 10.3 Å². The first-order valence-electron chi connectivity index (χ1n) is 11.5. The van der Waals surface area contributed by atoms with E-state index in [0.717, 1.165) is 45.6 Å². The molecule has 1 fully saturated rings. The van der Waals surface area contributed by atoms with Crippen LogP contribution in [0.2, 0.25) is 0 Å². The summed E-state index contributed by atoms with van der Waals surface area (Å²) in [5.41, 5.74) is 5.84. The maximum Gasteiger partial charge on any atom is 0.183 e. The molecule has 6 nitrogen and oxygen atoms in total. The molecule has 0 bridgehead atoms. The Kier molecular flexibility index (Phi) is 5.78. The number of thiazole rings is 1. The summed E-state index contributed by atoms with van der Waals surface area (Å²) in [7, 11) is -3.22. The molecule has 2 heterocycles. The molecule has 6 rings (SSSR count). The van der Waals surface area contributed by atoms with E-state index in [-0.39, 0.29) is 0 Å². The summed E-state index contributed by atoms with van der Waals surface area (Å²) >= 11 is 3.31. The van der Waals surface area contributed by atoms with Crippen LogP contribution in [0.1, 0.15) is 22.7 Å². The third-order valence-electron chi connectivity index (χ3n) is 6.37. The second-order valence-electron chi connectivity index (χ2n) is 8.86. The Morgan fingerprint density at radius 1 is 1.11 bits per heavy atom. The van der Waals surface area contributed by atoms with E-state index in [1.807, 2.05) is 11.8 Å². The lowest BCUT2D eigenvalue weighted by molar-refractivity contribution is 0.602. The van der Waals surface area contributed by atoms with Crippen molar-refractivity contribution in [2.24, 2.45) is 4.99 Å². The van der Waals surface area contributed by atoms with Crippen molar-refractivity contribution < 1.29 is 8.42 Å². The van der Waals surface area contributed by atoms with Crippen molar-refractivity contribution in [2.75, 3.05) is 18.1 Å². The predicted molar refractivity (Wildman–Crippen MR) is 146 cm³/mol. The molecule has 1 aliphatic carbocycles. The van der Waals surface area contributed by atoms with Gasteiger partial charge in [-0.2, -0.15) is 0 Å². The fraction of sp³-hybridized carbons (Fsp3) is 0.231. The summed E-state index contributed by atoms with van der Waals surface area (Å²) in [6.07, 6.45) is 3.17. The van der Waals surface area contributed by atoms with Crippen molar-refractivity contribution in [2.45, 2.75) is 29.0 Å². The molecular formula is C26H24N4O2S3. The maximum atomic E-state index is 11.8. The minimum atomic E-state index is -3.22. The largest absolute Gasteiger partial charge is 0.361 e. The van der Waals surface area contributed by atoms with Gasteiger partial charge in [0.05, 0.1) is 26.8 Å². The first-order valence-corrected chi connectivity index (χ1v) is 15.0. The monoisotopic (exact) mass is 520 g/mol. The average Bonchev–Trinajstić information content (AvgIpc) is 3.51. The van der Waals surface area contributed by atoms with E-state index in [0.29, 0.717) is 16.2 Å². The minimum absolute atomic E-state index is 0.322. The fourth-order valence-corrected chi connectivity index (χ4v) is 7.49. The Morgan fingerprint density at radius 3 is 2.77 bits per heavy atom. The molecule has 0 radical (unpaired) electrons. The first kappa shape index (κ1) is 22.6. The van der Waals surface area contributed by atoms with E-state index in [4.69, 9.17) is 4.99 Å². The molecule has 3 aromatic carbocycles. The number of benzene rings is 3. The third kappa shape index (κ3) is 4.68. The lowest BCUT2D eigenvalue weighted by atomic mass is 10.1. The molecule has 2 atom stereocenters. The van der Waals surface area contributed by atoms with Crippen LogP contribution in [0.3, 0.4) is 0 Å². The van der Waals surface area contributed by atoms with Crippen LogP contribution in [0, 0.1) is 0 Å². The Bertz CT molecular complexity index is 1540. The highest BCUT2D eigenvalue weighted by molar-refractivity contribution is 8.14. The summed E-state index contributed by atoms with van der Waals surface area (Å²) in [6, 6.07) is 22.5. The van der Waals surface area contributed by atoms with Crippen LogP contribution in [-0.2, 0) is 22.7 Å². The first-order chi connectivity index (χ1) is 16.9. The number of anilines is 1. The summed E-state index contributed by atoms with van der Waals surface area (Å²) in [5, 5.41) is 9.29. The van der Waals surface area contributed by atoms with E-state index in [2.05, 4.69) is 64.1 Å². The SMILES string of the molecule is CS(=O)(=O)c1ccc2nc(NCCc3ccc(/N=C4/N[C@H]5c6ccccc6CC5S4)cc3)sc2c1. The number of fused-ring (bicyclic) bond motifs is 4. The Labute approximate surface area is 212 Å². The Hall–Kier alpha value is -2.88. The number of nitrogens with one attached hydrogen (secondary N) is 2. The zero-order valence-corrected chi connectivity index (χ0v) is 21.5. The number of aromatic nitrogens is 1. The summed E-state index contributed by atoms with van der Waals surface area (Å²) in [6.45, 7) is 0.743. The predicted octanol–water partition coefficient (Wildman–Crippen LogP) is 5.34. The lowest BCUT2D eigenvalue weighted by Gasteiger charge is -2.09. The van der Waals surface area contributed by atoms with Crippen LogP contribution in [-0.4, -0.2) is 36.6 Å². The summed E-state index contributed by atoms with van der Waals surface area (Å²) < 4.78 is 24.4. The third-order valence-corrected chi connectivity index (χ3v) is 9.63. The molecule has 1 aliphatic heterocycles. The molecule has 0 saturated carbocycles. The zero-order valence-electron chi connectivity index (χ0n) is 19.1. The van der Waals surface area contributed by atoms with Crippen molar-refractivity contribution in [3.8, 4) is 0 Å². The van der Waals surface area contributed by atoms with E-state index < -0.39 is 9.84 Å². The van der Waals surface area contributed by atoms with Gasteiger partial charge in [0.1, 0.15) is 0 Å². The van der Waals surface area contributed by atoms with E-state index >= 15 is 0 Å².